The quantitative estimate of drug-likeness (QED) is 0.541. The van der Waals surface area contributed by atoms with Crippen LogP contribution in [-0.4, -0.2) is 0 Å². The van der Waals surface area contributed by atoms with E-state index in [4.69, 9.17) is 0 Å². The largest absolute Gasteiger partial charge is 0.213 e. The van der Waals surface area contributed by atoms with Gasteiger partial charge in [0.15, 0.2) is 0 Å². The van der Waals surface area contributed by atoms with E-state index in [9.17, 15) is 0 Å². The highest BCUT2D eigenvalue weighted by atomic mass is 14.9. The van der Waals surface area contributed by atoms with E-state index in [1.165, 1.54) is 64.5 Å². The minimum absolute atomic E-state index is 0.776. The lowest BCUT2D eigenvalue weighted by molar-refractivity contribution is -0.633. The molecule has 3 aromatic rings. The van der Waals surface area contributed by atoms with Crippen LogP contribution in [0.2, 0.25) is 0 Å². The molecule has 0 spiro atoms. The Morgan fingerprint density at radius 3 is 2.46 bits per heavy atom. The topological polar surface area (TPSA) is 3.88 Å². The molecule has 0 amide bonds. The van der Waals surface area contributed by atoms with Gasteiger partial charge in [0.1, 0.15) is 7.05 Å². The van der Waals surface area contributed by atoms with Crippen molar-refractivity contribution in [3.8, 4) is 11.3 Å². The Morgan fingerprint density at radius 1 is 0.875 bits per heavy atom. The van der Waals surface area contributed by atoms with Crippen LogP contribution < -0.4 is 4.57 Å². The van der Waals surface area contributed by atoms with Crippen LogP contribution in [0.1, 0.15) is 48.3 Å². The Bertz CT molecular complexity index is 901. The van der Waals surface area contributed by atoms with Crippen molar-refractivity contribution in [2.75, 3.05) is 0 Å². The van der Waals surface area contributed by atoms with Crippen molar-refractivity contribution in [2.45, 2.75) is 45.4 Å². The fraction of sp³-hybridized carbons (Fsp3) is 0.348. The molecule has 1 heteroatoms. The zero-order chi connectivity index (χ0) is 16.7. The molecule has 0 N–H and O–H groups in total. The number of aromatic nitrogens is 1. The molecule has 1 heterocycles. The maximum atomic E-state index is 2.41. The molecule has 0 aliphatic heterocycles. The van der Waals surface area contributed by atoms with E-state index in [0.29, 0.717) is 0 Å². The lowest BCUT2D eigenvalue weighted by Crippen LogP contribution is -2.32. The standard InChI is InChI=1S/C23H26N/c1-16-8-9-17(2)21(14-16)23-13-11-20-15-19(18-6-4-5-7-18)10-12-22(20)24(23)3/h8-15,18H,4-7H2,1-3H3/q+1. The van der Waals surface area contributed by atoms with Gasteiger partial charge in [0, 0.05) is 23.1 Å². The third-order valence-corrected chi connectivity index (χ3v) is 5.69. The monoisotopic (exact) mass is 316 g/mol. The highest BCUT2D eigenvalue weighted by Gasteiger charge is 2.20. The molecular formula is C23H26N+. The van der Waals surface area contributed by atoms with Gasteiger partial charge in [0.05, 0.1) is 0 Å². The first-order chi connectivity index (χ1) is 11.6. The van der Waals surface area contributed by atoms with Crippen molar-refractivity contribution in [3.63, 3.8) is 0 Å². The molecule has 122 valence electrons. The number of aryl methyl sites for hydroxylation is 3. The van der Waals surface area contributed by atoms with Crippen molar-refractivity contribution < 1.29 is 4.57 Å². The molecule has 24 heavy (non-hydrogen) atoms. The Morgan fingerprint density at radius 2 is 1.67 bits per heavy atom. The minimum Gasteiger partial charge on any atom is -0.194 e. The molecule has 0 unspecified atom stereocenters. The van der Waals surface area contributed by atoms with Gasteiger partial charge in [-0.05, 0) is 61.9 Å². The average Bonchev–Trinajstić information content (AvgIpc) is 3.12. The maximum absolute atomic E-state index is 2.41. The number of benzene rings is 2. The molecule has 4 rings (SSSR count). The van der Waals surface area contributed by atoms with Gasteiger partial charge in [-0.3, -0.25) is 0 Å². The molecule has 1 fully saturated rings. The van der Waals surface area contributed by atoms with Gasteiger partial charge in [-0.15, -0.1) is 0 Å². The van der Waals surface area contributed by atoms with Crippen molar-refractivity contribution >= 4 is 10.9 Å². The molecule has 0 atom stereocenters. The predicted octanol–water partition coefficient (Wildman–Crippen LogP) is 5.61. The van der Waals surface area contributed by atoms with Gasteiger partial charge in [-0.25, -0.2) is 0 Å². The summed E-state index contributed by atoms with van der Waals surface area (Å²) in [5, 5.41) is 1.36. The summed E-state index contributed by atoms with van der Waals surface area (Å²) >= 11 is 0. The second-order valence-electron chi connectivity index (χ2n) is 7.40. The summed E-state index contributed by atoms with van der Waals surface area (Å²) in [5.74, 6) is 0.776. The van der Waals surface area contributed by atoms with Crippen LogP contribution in [0.5, 0.6) is 0 Å². The molecule has 2 aromatic carbocycles. The lowest BCUT2D eigenvalue weighted by atomic mass is 9.95. The van der Waals surface area contributed by atoms with Crippen molar-refractivity contribution in [1.29, 1.82) is 0 Å². The Kier molecular flexibility index (Phi) is 3.88. The molecule has 1 aromatic heterocycles. The average molecular weight is 316 g/mol. The van der Waals surface area contributed by atoms with E-state index in [1.54, 1.807) is 0 Å². The van der Waals surface area contributed by atoms with E-state index in [2.05, 4.69) is 74.0 Å². The molecule has 0 saturated heterocycles. The van der Waals surface area contributed by atoms with Crippen LogP contribution >= 0.6 is 0 Å². The number of nitrogens with zero attached hydrogens (tertiary/aromatic N) is 1. The second-order valence-corrected chi connectivity index (χ2v) is 7.40. The van der Waals surface area contributed by atoms with Crippen LogP contribution in [0.25, 0.3) is 22.2 Å². The first kappa shape index (κ1) is 15.4. The van der Waals surface area contributed by atoms with Gasteiger partial charge < -0.3 is 0 Å². The van der Waals surface area contributed by atoms with E-state index < -0.39 is 0 Å². The Labute approximate surface area is 145 Å². The lowest BCUT2D eigenvalue weighted by Gasteiger charge is -2.11. The van der Waals surface area contributed by atoms with Crippen LogP contribution in [0.15, 0.2) is 48.5 Å². The first-order valence-corrected chi connectivity index (χ1v) is 9.14. The van der Waals surface area contributed by atoms with E-state index in [1.807, 2.05) is 0 Å². The molecular weight excluding hydrogens is 290 g/mol. The highest BCUT2D eigenvalue weighted by Crippen LogP contribution is 2.35. The smallest absolute Gasteiger partial charge is 0.194 e. The molecule has 0 radical (unpaired) electrons. The SMILES string of the molecule is Cc1ccc(C)c(-c2ccc3cc(C4CCCC4)ccc3[n+]2C)c1. The molecule has 1 nitrogen and oxygen atoms in total. The van der Waals surface area contributed by atoms with Crippen LogP contribution in [0.3, 0.4) is 0 Å². The Balaban J connectivity index is 1.83. The van der Waals surface area contributed by atoms with Gasteiger partial charge in [0.2, 0.25) is 11.2 Å². The number of pyridine rings is 1. The number of hydrogen-bond donors (Lipinski definition) is 0. The fourth-order valence-electron chi connectivity index (χ4n) is 4.22. The van der Waals surface area contributed by atoms with Gasteiger partial charge in [-0.2, -0.15) is 4.57 Å². The van der Waals surface area contributed by atoms with Crippen molar-refractivity contribution in [2.24, 2.45) is 7.05 Å². The summed E-state index contributed by atoms with van der Waals surface area (Å²) in [5.41, 5.74) is 8.11. The van der Waals surface area contributed by atoms with Gasteiger partial charge in [0.25, 0.3) is 0 Å². The van der Waals surface area contributed by atoms with Gasteiger partial charge in [-0.1, -0.05) is 36.6 Å². The van der Waals surface area contributed by atoms with E-state index in [0.717, 1.165) is 5.92 Å². The van der Waals surface area contributed by atoms with Crippen LogP contribution in [-0.2, 0) is 7.05 Å². The molecule has 0 bridgehead atoms. The third-order valence-electron chi connectivity index (χ3n) is 5.69. The zero-order valence-corrected chi connectivity index (χ0v) is 15.0. The number of hydrogen-bond acceptors (Lipinski definition) is 0. The zero-order valence-electron chi connectivity index (χ0n) is 15.0. The molecule has 1 aliphatic carbocycles. The third kappa shape index (κ3) is 2.62. The predicted molar refractivity (Wildman–Crippen MR) is 101 cm³/mol. The first-order valence-electron chi connectivity index (χ1n) is 9.14. The van der Waals surface area contributed by atoms with Crippen molar-refractivity contribution in [3.05, 3.63) is 65.2 Å². The second kappa shape index (κ2) is 6.05. The summed E-state index contributed by atoms with van der Waals surface area (Å²) in [4.78, 5) is 0. The summed E-state index contributed by atoms with van der Waals surface area (Å²) in [7, 11) is 2.19. The fourth-order valence-corrected chi connectivity index (χ4v) is 4.22. The van der Waals surface area contributed by atoms with Gasteiger partial charge >= 0.3 is 0 Å². The normalized spacial score (nSPS) is 15.3. The summed E-state index contributed by atoms with van der Waals surface area (Å²) in [6, 6.07) is 18.4. The number of rotatable bonds is 2. The van der Waals surface area contributed by atoms with E-state index >= 15 is 0 Å². The minimum atomic E-state index is 0.776. The highest BCUT2D eigenvalue weighted by molar-refractivity contribution is 5.79. The van der Waals surface area contributed by atoms with Crippen LogP contribution in [0.4, 0.5) is 0 Å². The maximum Gasteiger partial charge on any atom is 0.213 e. The Hall–Kier alpha value is -2.15. The molecule has 1 aliphatic rings. The summed E-state index contributed by atoms with van der Waals surface area (Å²) < 4.78 is 2.34. The molecule has 1 saturated carbocycles. The summed E-state index contributed by atoms with van der Waals surface area (Å²) in [6.07, 6.45) is 5.50. The van der Waals surface area contributed by atoms with E-state index in [-0.39, 0.29) is 0 Å². The van der Waals surface area contributed by atoms with Crippen molar-refractivity contribution in [1.82, 2.24) is 0 Å². The number of fused-ring (bicyclic) bond motifs is 1. The van der Waals surface area contributed by atoms with Crippen LogP contribution in [0, 0.1) is 13.8 Å². The summed E-state index contributed by atoms with van der Waals surface area (Å²) in [6.45, 7) is 4.36.